The Bertz CT molecular complexity index is 835. The van der Waals surface area contributed by atoms with Crippen LogP contribution in [-0.4, -0.2) is 44.5 Å². The van der Waals surface area contributed by atoms with Gasteiger partial charge in [0, 0.05) is 18.3 Å². The molecule has 0 spiro atoms. The van der Waals surface area contributed by atoms with Crippen molar-refractivity contribution in [2.75, 3.05) is 25.1 Å². The zero-order valence-electron chi connectivity index (χ0n) is 13.4. The minimum absolute atomic E-state index is 0.0474. The van der Waals surface area contributed by atoms with Crippen LogP contribution >= 0.6 is 0 Å². The zero-order valence-corrected chi connectivity index (χ0v) is 13.4. The molecule has 0 saturated carbocycles. The molecular formula is C17H17F2N5O. The topological polar surface area (TPSA) is 75.9 Å². The summed E-state index contributed by atoms with van der Waals surface area (Å²) >= 11 is 0. The fourth-order valence-electron chi connectivity index (χ4n) is 2.47. The minimum atomic E-state index is -0.549. The Morgan fingerprint density at radius 2 is 1.92 bits per heavy atom. The molecule has 0 aliphatic rings. The van der Waals surface area contributed by atoms with Gasteiger partial charge in [0.1, 0.15) is 12.5 Å². The van der Waals surface area contributed by atoms with Crippen LogP contribution in [0.4, 0.5) is 14.7 Å². The number of rotatable bonds is 7. The van der Waals surface area contributed by atoms with Crippen molar-refractivity contribution < 1.29 is 13.9 Å². The first kappa shape index (κ1) is 17.0. The van der Waals surface area contributed by atoms with Gasteiger partial charge in [-0.05, 0) is 30.3 Å². The van der Waals surface area contributed by atoms with Crippen LogP contribution in [0.25, 0.3) is 22.6 Å². The van der Waals surface area contributed by atoms with E-state index in [9.17, 15) is 8.78 Å². The highest BCUT2D eigenvalue weighted by atomic mass is 19.1. The number of hydrogen-bond acceptors (Lipinski definition) is 5. The maximum absolute atomic E-state index is 13.2. The predicted octanol–water partition coefficient (Wildman–Crippen LogP) is 2.52. The molecule has 0 aliphatic heterocycles. The van der Waals surface area contributed by atoms with Crippen molar-refractivity contribution in [1.82, 2.24) is 19.5 Å². The van der Waals surface area contributed by atoms with Gasteiger partial charge in [0.05, 0.1) is 36.6 Å². The minimum Gasteiger partial charge on any atom is -0.395 e. The first-order valence-corrected chi connectivity index (χ1v) is 7.78. The molecule has 0 aliphatic carbocycles. The molecule has 3 rings (SSSR count). The van der Waals surface area contributed by atoms with E-state index in [2.05, 4.69) is 20.3 Å². The van der Waals surface area contributed by atoms with Gasteiger partial charge in [-0.2, -0.15) is 0 Å². The van der Waals surface area contributed by atoms with E-state index >= 15 is 0 Å². The summed E-state index contributed by atoms with van der Waals surface area (Å²) in [7, 11) is 0. The molecule has 1 aromatic carbocycles. The van der Waals surface area contributed by atoms with E-state index in [1.165, 1.54) is 18.5 Å². The second-order valence-electron chi connectivity index (χ2n) is 5.25. The second-order valence-corrected chi connectivity index (χ2v) is 5.25. The molecule has 0 radical (unpaired) electrons. The molecule has 0 atom stereocenters. The first-order valence-electron chi connectivity index (χ1n) is 7.78. The molecule has 25 heavy (non-hydrogen) atoms. The normalized spacial score (nSPS) is 10.8. The SMILES string of the molecule is OCCNc1nccc(-c2c(-c3ccc(F)cc3)ncn2CCF)n1. The Hall–Kier alpha value is -2.87. The molecule has 8 heteroatoms. The molecule has 0 unspecified atom stereocenters. The molecule has 0 amide bonds. The Morgan fingerprint density at radius 1 is 1.12 bits per heavy atom. The van der Waals surface area contributed by atoms with Crippen LogP contribution in [-0.2, 0) is 6.54 Å². The van der Waals surface area contributed by atoms with E-state index in [1.807, 2.05) is 0 Å². The van der Waals surface area contributed by atoms with E-state index in [4.69, 9.17) is 5.11 Å². The number of aryl methyl sites for hydroxylation is 1. The highest BCUT2D eigenvalue weighted by molar-refractivity contribution is 5.77. The largest absolute Gasteiger partial charge is 0.395 e. The summed E-state index contributed by atoms with van der Waals surface area (Å²) in [6, 6.07) is 7.63. The third kappa shape index (κ3) is 3.80. The highest BCUT2D eigenvalue weighted by Gasteiger charge is 2.17. The molecule has 130 valence electrons. The number of aliphatic hydroxyl groups is 1. The Morgan fingerprint density at radius 3 is 2.64 bits per heavy atom. The van der Waals surface area contributed by atoms with Crippen LogP contribution in [0.15, 0.2) is 42.9 Å². The number of aliphatic hydroxyl groups excluding tert-OH is 1. The van der Waals surface area contributed by atoms with Crippen LogP contribution < -0.4 is 5.32 Å². The monoisotopic (exact) mass is 345 g/mol. The van der Waals surface area contributed by atoms with Gasteiger partial charge >= 0.3 is 0 Å². The van der Waals surface area contributed by atoms with Crippen molar-refractivity contribution in [3.05, 3.63) is 48.7 Å². The molecule has 3 aromatic rings. The molecule has 2 aromatic heterocycles. The number of halogens is 2. The van der Waals surface area contributed by atoms with Crippen molar-refractivity contribution in [2.24, 2.45) is 0 Å². The summed E-state index contributed by atoms with van der Waals surface area (Å²) in [4.78, 5) is 12.9. The first-order chi connectivity index (χ1) is 12.2. The molecule has 2 N–H and O–H groups in total. The lowest BCUT2D eigenvalue weighted by Crippen LogP contribution is -2.09. The van der Waals surface area contributed by atoms with Gasteiger partial charge in [0.2, 0.25) is 5.95 Å². The summed E-state index contributed by atoms with van der Waals surface area (Å²) in [6.07, 6.45) is 3.11. The number of imidazole rings is 1. The number of benzene rings is 1. The van der Waals surface area contributed by atoms with Crippen molar-refractivity contribution in [1.29, 1.82) is 0 Å². The number of alkyl halides is 1. The van der Waals surface area contributed by atoms with Crippen molar-refractivity contribution in [3.63, 3.8) is 0 Å². The average molecular weight is 345 g/mol. The van der Waals surface area contributed by atoms with Gasteiger partial charge < -0.3 is 15.0 Å². The lowest BCUT2D eigenvalue weighted by Gasteiger charge is -2.10. The van der Waals surface area contributed by atoms with Crippen LogP contribution in [0.5, 0.6) is 0 Å². The fourth-order valence-corrected chi connectivity index (χ4v) is 2.47. The third-order valence-corrected chi connectivity index (χ3v) is 3.57. The smallest absolute Gasteiger partial charge is 0.223 e. The lowest BCUT2D eigenvalue weighted by atomic mass is 10.1. The second kappa shape index (κ2) is 7.80. The lowest BCUT2D eigenvalue weighted by molar-refractivity contribution is 0.311. The van der Waals surface area contributed by atoms with Gasteiger partial charge in [-0.1, -0.05) is 0 Å². The van der Waals surface area contributed by atoms with E-state index < -0.39 is 6.67 Å². The van der Waals surface area contributed by atoms with E-state index in [1.54, 1.807) is 29.0 Å². The van der Waals surface area contributed by atoms with Crippen LogP contribution in [0.1, 0.15) is 0 Å². The summed E-state index contributed by atoms with van der Waals surface area (Å²) in [6.45, 7) is -0.147. The van der Waals surface area contributed by atoms with Crippen molar-refractivity contribution in [2.45, 2.75) is 6.54 Å². The predicted molar refractivity (Wildman–Crippen MR) is 90.2 cm³/mol. The standard InChI is InChI=1S/C17H17F2N5O/c18-6-9-24-11-22-15(12-1-3-13(19)4-2-12)16(24)14-5-7-20-17(23-14)21-8-10-25/h1-5,7,11,25H,6,8-10H2,(H,20,21,23). The van der Waals surface area contributed by atoms with Gasteiger partial charge in [-0.3, -0.25) is 0 Å². The Labute approximate surface area is 143 Å². The molecule has 0 saturated heterocycles. The number of nitrogens with one attached hydrogen (secondary N) is 1. The van der Waals surface area contributed by atoms with Gasteiger partial charge in [-0.25, -0.2) is 23.7 Å². The highest BCUT2D eigenvalue weighted by Crippen LogP contribution is 2.30. The van der Waals surface area contributed by atoms with Gasteiger partial charge in [0.15, 0.2) is 0 Å². The Kier molecular flexibility index (Phi) is 5.30. The van der Waals surface area contributed by atoms with Crippen molar-refractivity contribution >= 4 is 5.95 Å². The van der Waals surface area contributed by atoms with Crippen LogP contribution in [0.2, 0.25) is 0 Å². The molecular weight excluding hydrogens is 328 g/mol. The van der Waals surface area contributed by atoms with Gasteiger partial charge in [0.25, 0.3) is 0 Å². The van der Waals surface area contributed by atoms with E-state index in [-0.39, 0.29) is 19.0 Å². The molecule has 0 bridgehead atoms. The summed E-state index contributed by atoms with van der Waals surface area (Å²) < 4.78 is 27.8. The van der Waals surface area contributed by atoms with Crippen molar-refractivity contribution in [3.8, 4) is 22.6 Å². The maximum atomic E-state index is 13.2. The van der Waals surface area contributed by atoms with E-state index in [0.717, 1.165) is 0 Å². The molecule has 0 fully saturated rings. The molecule has 2 heterocycles. The summed E-state index contributed by atoms with van der Waals surface area (Å²) in [5.41, 5.74) is 2.47. The quantitative estimate of drug-likeness (QED) is 0.688. The zero-order chi connectivity index (χ0) is 17.6. The average Bonchev–Trinajstić information content (AvgIpc) is 3.05. The third-order valence-electron chi connectivity index (χ3n) is 3.57. The number of aromatic nitrogens is 4. The molecule has 6 nitrogen and oxygen atoms in total. The van der Waals surface area contributed by atoms with E-state index in [0.29, 0.717) is 35.1 Å². The van der Waals surface area contributed by atoms with Crippen LogP contribution in [0.3, 0.4) is 0 Å². The number of hydrogen-bond donors (Lipinski definition) is 2. The Balaban J connectivity index is 2.07. The fraction of sp³-hybridized carbons (Fsp3) is 0.235. The van der Waals surface area contributed by atoms with Gasteiger partial charge in [-0.15, -0.1) is 0 Å². The summed E-state index contributed by atoms with van der Waals surface area (Å²) in [5, 5.41) is 11.8. The number of anilines is 1. The van der Waals surface area contributed by atoms with Crippen LogP contribution in [0, 0.1) is 5.82 Å². The summed E-state index contributed by atoms with van der Waals surface area (Å²) in [5.74, 6) is 0.00983. The number of nitrogens with zero attached hydrogens (tertiary/aromatic N) is 4. The maximum Gasteiger partial charge on any atom is 0.223 e.